The Kier molecular flexibility index (Phi) is 6.36. The number of hydrogen-bond donors (Lipinski definition) is 1. The Morgan fingerprint density at radius 2 is 1.93 bits per heavy atom. The highest BCUT2D eigenvalue weighted by Crippen LogP contribution is 2.35. The number of benzene rings is 2. The van der Waals surface area contributed by atoms with E-state index in [0.717, 1.165) is 6.07 Å². The number of aryl methyl sites for hydroxylation is 1. The molecule has 0 aliphatic rings. The number of carbonyl (C=O) groups is 2. The van der Waals surface area contributed by atoms with Crippen molar-refractivity contribution < 1.29 is 29.1 Å². The first-order valence-corrected chi connectivity index (χ1v) is 8.23. The molecule has 2 aromatic carbocycles. The number of hydrogen-bond acceptors (Lipinski definition) is 7. The van der Waals surface area contributed by atoms with Gasteiger partial charge in [-0.15, -0.1) is 0 Å². The fraction of sp³-hybridized carbons (Fsp3) is 0.222. The average molecular weight is 394 g/mol. The summed E-state index contributed by atoms with van der Waals surface area (Å²) in [6.45, 7) is 2.88. The van der Waals surface area contributed by atoms with Gasteiger partial charge in [-0.25, -0.2) is 4.79 Å². The van der Waals surface area contributed by atoms with Crippen molar-refractivity contribution in [1.82, 2.24) is 0 Å². The van der Waals surface area contributed by atoms with Crippen LogP contribution in [0.5, 0.6) is 11.5 Å². The van der Waals surface area contributed by atoms with Gasteiger partial charge in [-0.05, 0) is 26.0 Å². The van der Waals surface area contributed by atoms with Gasteiger partial charge in [0, 0.05) is 17.2 Å². The Labute approximate surface area is 159 Å². The first-order valence-electron chi connectivity index (χ1n) is 7.85. The molecule has 27 heavy (non-hydrogen) atoms. The minimum Gasteiger partial charge on any atom is -0.503 e. The van der Waals surface area contributed by atoms with Gasteiger partial charge in [-0.2, -0.15) is 0 Å². The minimum atomic E-state index is -0.854. The number of aromatic hydroxyl groups is 1. The second-order valence-electron chi connectivity index (χ2n) is 5.50. The lowest BCUT2D eigenvalue weighted by atomic mass is 10.1. The SMILES string of the molecule is CCOc1cc(C(=O)OCC(=O)c2ccc(C)c([N+](=O)[O-])c2)cc(Cl)c1O. The highest BCUT2D eigenvalue weighted by molar-refractivity contribution is 6.32. The molecule has 0 aromatic heterocycles. The molecular formula is C18H16ClNO7. The number of ketones is 1. The van der Waals surface area contributed by atoms with Gasteiger partial charge in [0.15, 0.2) is 18.1 Å². The molecule has 0 amide bonds. The normalized spacial score (nSPS) is 10.3. The molecule has 2 aromatic rings. The number of Topliss-reactive ketones (excluding diaryl/α,β-unsaturated/α-hetero) is 1. The molecule has 0 heterocycles. The van der Waals surface area contributed by atoms with Gasteiger partial charge >= 0.3 is 5.97 Å². The fourth-order valence-corrected chi connectivity index (χ4v) is 2.45. The summed E-state index contributed by atoms with van der Waals surface area (Å²) in [6, 6.07) is 6.43. The molecule has 9 heteroatoms. The van der Waals surface area contributed by atoms with Gasteiger partial charge < -0.3 is 14.6 Å². The number of ether oxygens (including phenoxy) is 2. The lowest BCUT2D eigenvalue weighted by molar-refractivity contribution is -0.385. The number of carbonyl (C=O) groups excluding carboxylic acids is 2. The van der Waals surface area contributed by atoms with Crippen molar-refractivity contribution in [2.45, 2.75) is 13.8 Å². The molecule has 0 radical (unpaired) electrons. The molecular weight excluding hydrogens is 378 g/mol. The Morgan fingerprint density at radius 3 is 2.56 bits per heavy atom. The van der Waals surface area contributed by atoms with E-state index in [9.17, 15) is 24.8 Å². The van der Waals surface area contributed by atoms with Crippen LogP contribution in [-0.2, 0) is 4.74 Å². The maximum absolute atomic E-state index is 12.2. The average Bonchev–Trinajstić information content (AvgIpc) is 2.63. The third-order valence-electron chi connectivity index (χ3n) is 3.63. The van der Waals surface area contributed by atoms with Crippen molar-refractivity contribution in [3.8, 4) is 11.5 Å². The van der Waals surface area contributed by atoms with Crippen LogP contribution in [0.15, 0.2) is 30.3 Å². The summed E-state index contributed by atoms with van der Waals surface area (Å²) in [5, 5.41) is 20.6. The minimum absolute atomic E-state index is 0.0102. The van der Waals surface area contributed by atoms with Crippen LogP contribution < -0.4 is 4.74 Å². The van der Waals surface area contributed by atoms with Crippen LogP contribution >= 0.6 is 11.6 Å². The number of nitro benzene ring substituents is 1. The van der Waals surface area contributed by atoms with Crippen LogP contribution in [0.3, 0.4) is 0 Å². The maximum atomic E-state index is 12.2. The van der Waals surface area contributed by atoms with Crippen LogP contribution in [0.1, 0.15) is 33.2 Å². The monoisotopic (exact) mass is 393 g/mol. The number of esters is 1. The second kappa shape index (κ2) is 8.50. The zero-order valence-electron chi connectivity index (χ0n) is 14.5. The Hall–Kier alpha value is -3.13. The summed E-state index contributed by atoms with van der Waals surface area (Å²) in [7, 11) is 0. The van der Waals surface area contributed by atoms with Gasteiger partial charge in [0.05, 0.1) is 22.1 Å². The van der Waals surface area contributed by atoms with E-state index in [1.807, 2.05) is 0 Å². The van der Waals surface area contributed by atoms with Gasteiger partial charge in [-0.3, -0.25) is 14.9 Å². The molecule has 0 saturated heterocycles. The Balaban J connectivity index is 2.13. The third kappa shape index (κ3) is 4.73. The van der Waals surface area contributed by atoms with E-state index in [4.69, 9.17) is 21.1 Å². The van der Waals surface area contributed by atoms with Crippen LogP contribution in [-0.4, -0.2) is 35.0 Å². The zero-order chi connectivity index (χ0) is 20.1. The number of rotatable bonds is 7. The molecule has 2 rings (SSSR count). The van der Waals surface area contributed by atoms with Crippen LogP contribution in [0.2, 0.25) is 5.02 Å². The highest BCUT2D eigenvalue weighted by Gasteiger charge is 2.19. The highest BCUT2D eigenvalue weighted by atomic mass is 35.5. The molecule has 0 spiro atoms. The lowest BCUT2D eigenvalue weighted by Crippen LogP contribution is -2.14. The van der Waals surface area contributed by atoms with E-state index >= 15 is 0 Å². The van der Waals surface area contributed by atoms with E-state index in [2.05, 4.69) is 0 Å². The van der Waals surface area contributed by atoms with Crippen molar-refractivity contribution in [2.75, 3.05) is 13.2 Å². The van der Waals surface area contributed by atoms with Gasteiger partial charge in [0.25, 0.3) is 5.69 Å². The molecule has 0 aliphatic heterocycles. The largest absolute Gasteiger partial charge is 0.503 e. The van der Waals surface area contributed by atoms with Crippen LogP contribution in [0, 0.1) is 17.0 Å². The van der Waals surface area contributed by atoms with Gasteiger partial charge in [-0.1, -0.05) is 23.7 Å². The van der Waals surface area contributed by atoms with Crippen LogP contribution in [0.4, 0.5) is 5.69 Å². The van der Waals surface area contributed by atoms with Crippen molar-refractivity contribution in [3.05, 3.63) is 62.2 Å². The first kappa shape index (κ1) is 20.2. The molecule has 1 N–H and O–H groups in total. The topological polar surface area (TPSA) is 116 Å². The van der Waals surface area contributed by atoms with Gasteiger partial charge in [0.1, 0.15) is 0 Å². The molecule has 0 fully saturated rings. The molecule has 142 valence electrons. The van der Waals surface area contributed by atoms with E-state index in [1.54, 1.807) is 13.8 Å². The Morgan fingerprint density at radius 1 is 1.22 bits per heavy atom. The van der Waals surface area contributed by atoms with Gasteiger partial charge in [0.2, 0.25) is 5.78 Å². The molecule has 0 aliphatic carbocycles. The fourth-order valence-electron chi connectivity index (χ4n) is 2.23. The summed E-state index contributed by atoms with van der Waals surface area (Å²) in [6.07, 6.45) is 0. The lowest BCUT2D eigenvalue weighted by Gasteiger charge is -2.10. The van der Waals surface area contributed by atoms with E-state index in [1.165, 1.54) is 24.3 Å². The smallest absolute Gasteiger partial charge is 0.338 e. The summed E-state index contributed by atoms with van der Waals surface area (Å²) in [5.41, 5.74) is 0.261. The number of halogens is 1. The van der Waals surface area contributed by atoms with E-state index in [-0.39, 0.29) is 39.9 Å². The van der Waals surface area contributed by atoms with Crippen molar-refractivity contribution >= 4 is 29.0 Å². The number of phenols is 1. The van der Waals surface area contributed by atoms with Crippen molar-refractivity contribution in [2.24, 2.45) is 0 Å². The summed E-state index contributed by atoms with van der Waals surface area (Å²) in [5.74, 6) is -1.75. The summed E-state index contributed by atoms with van der Waals surface area (Å²) >= 11 is 5.85. The molecule has 0 unspecified atom stereocenters. The quantitative estimate of drug-likeness (QED) is 0.330. The predicted molar refractivity (Wildman–Crippen MR) is 96.7 cm³/mol. The van der Waals surface area contributed by atoms with E-state index in [0.29, 0.717) is 5.56 Å². The maximum Gasteiger partial charge on any atom is 0.338 e. The third-order valence-corrected chi connectivity index (χ3v) is 3.91. The summed E-state index contributed by atoms with van der Waals surface area (Å²) in [4.78, 5) is 34.7. The van der Waals surface area contributed by atoms with Crippen molar-refractivity contribution in [3.63, 3.8) is 0 Å². The molecule has 0 bridgehead atoms. The summed E-state index contributed by atoms with van der Waals surface area (Å²) < 4.78 is 10.1. The molecule has 0 atom stereocenters. The number of nitro groups is 1. The number of nitrogens with zero attached hydrogens (tertiary/aromatic N) is 1. The molecule has 8 nitrogen and oxygen atoms in total. The number of phenolic OH excluding ortho intramolecular Hbond substituents is 1. The second-order valence-corrected chi connectivity index (χ2v) is 5.90. The first-order chi connectivity index (χ1) is 12.7. The predicted octanol–water partition coefficient (Wildman–Crippen LogP) is 3.70. The molecule has 0 saturated carbocycles. The van der Waals surface area contributed by atoms with Crippen LogP contribution in [0.25, 0.3) is 0 Å². The van der Waals surface area contributed by atoms with Crippen molar-refractivity contribution in [1.29, 1.82) is 0 Å². The zero-order valence-corrected chi connectivity index (χ0v) is 15.3. The Bertz CT molecular complexity index is 911. The van der Waals surface area contributed by atoms with E-state index < -0.39 is 23.3 Å². The standard InChI is InChI=1S/C18H16ClNO7/c1-3-26-16-8-12(6-13(19)17(16)22)18(23)27-9-15(21)11-5-4-10(2)14(7-11)20(24)25/h4-8,22H,3,9H2,1-2H3.